The number of carboxylic acids is 1. The van der Waals surface area contributed by atoms with Gasteiger partial charge in [0, 0.05) is 7.14 Å². The van der Waals surface area contributed by atoms with Crippen molar-refractivity contribution in [2.45, 2.75) is 0 Å². The number of benzene rings is 1. The summed E-state index contributed by atoms with van der Waals surface area (Å²) in [6.07, 6.45) is 0. The summed E-state index contributed by atoms with van der Waals surface area (Å²) in [7, 11) is 0. The first-order valence-electron chi connectivity index (χ1n) is 3.95. The van der Waals surface area contributed by atoms with Crippen molar-refractivity contribution < 1.29 is 14.7 Å². The Labute approximate surface area is 114 Å². The van der Waals surface area contributed by atoms with Crippen LogP contribution in [0.4, 0.5) is 0 Å². The lowest BCUT2D eigenvalue weighted by Gasteiger charge is -2.05. The molecule has 0 fully saturated rings. The van der Waals surface area contributed by atoms with Gasteiger partial charge in [0.05, 0.1) is 5.56 Å². The van der Waals surface area contributed by atoms with Crippen molar-refractivity contribution in [1.82, 2.24) is 5.32 Å². The first-order chi connectivity index (χ1) is 7.00. The van der Waals surface area contributed by atoms with Crippen LogP contribution in [0.3, 0.4) is 0 Å². The molecule has 1 aromatic rings. The van der Waals surface area contributed by atoms with Crippen LogP contribution in [0.15, 0.2) is 18.2 Å². The number of carbonyl (C=O) groups excluding carboxylic acids is 1. The maximum atomic E-state index is 11.5. The molecule has 15 heavy (non-hydrogen) atoms. The fraction of sp³-hybridized carbons (Fsp3) is 0.111. The molecule has 0 atom stereocenters. The molecule has 1 amide bonds. The Kier molecular flexibility index (Phi) is 4.77. The van der Waals surface area contributed by atoms with Crippen LogP contribution in [0.2, 0.25) is 0 Å². The van der Waals surface area contributed by atoms with Crippen molar-refractivity contribution in [1.29, 1.82) is 0 Å². The highest BCUT2D eigenvalue weighted by atomic mass is 127. The van der Waals surface area contributed by atoms with E-state index in [1.54, 1.807) is 6.07 Å². The van der Waals surface area contributed by atoms with Gasteiger partial charge in [0.1, 0.15) is 6.54 Å². The Balaban J connectivity index is 2.81. The van der Waals surface area contributed by atoms with E-state index in [-0.39, 0.29) is 12.5 Å². The molecule has 0 aromatic heterocycles. The van der Waals surface area contributed by atoms with Crippen LogP contribution in [0.5, 0.6) is 0 Å². The summed E-state index contributed by atoms with van der Waals surface area (Å²) in [6.45, 7) is -0.361. The minimum atomic E-state index is -1.05. The number of halogens is 2. The van der Waals surface area contributed by atoms with E-state index in [0.29, 0.717) is 5.56 Å². The lowest BCUT2D eigenvalue weighted by Crippen LogP contribution is -2.29. The van der Waals surface area contributed by atoms with Gasteiger partial charge in [0.15, 0.2) is 0 Å². The number of amides is 1. The minimum Gasteiger partial charge on any atom is -0.480 e. The summed E-state index contributed by atoms with van der Waals surface area (Å²) in [5, 5.41) is 10.7. The van der Waals surface area contributed by atoms with Crippen molar-refractivity contribution in [2.24, 2.45) is 0 Å². The lowest BCUT2D eigenvalue weighted by molar-refractivity contribution is -0.135. The smallest absolute Gasteiger partial charge is 0.322 e. The third-order valence-electron chi connectivity index (χ3n) is 1.57. The zero-order valence-corrected chi connectivity index (χ0v) is 11.8. The maximum absolute atomic E-state index is 11.5. The number of carboxylic acid groups (broad SMARTS) is 1. The number of aliphatic carboxylic acids is 1. The van der Waals surface area contributed by atoms with E-state index in [2.05, 4.69) is 27.9 Å². The lowest BCUT2D eigenvalue weighted by atomic mass is 10.2. The SMILES string of the molecule is O=C(O)CNC(=O)c1cc(I)ccc1I. The maximum Gasteiger partial charge on any atom is 0.322 e. The molecule has 0 spiro atoms. The molecule has 6 heteroatoms. The van der Waals surface area contributed by atoms with E-state index in [0.717, 1.165) is 7.14 Å². The molecule has 0 aliphatic rings. The largest absolute Gasteiger partial charge is 0.480 e. The Morgan fingerprint density at radius 3 is 2.60 bits per heavy atom. The summed E-state index contributed by atoms with van der Waals surface area (Å²) in [6, 6.07) is 5.42. The van der Waals surface area contributed by atoms with E-state index in [1.807, 2.05) is 34.7 Å². The molecular formula is C9H7I2NO3. The van der Waals surface area contributed by atoms with Gasteiger partial charge >= 0.3 is 5.97 Å². The molecule has 2 N–H and O–H groups in total. The first-order valence-corrected chi connectivity index (χ1v) is 6.11. The Bertz CT molecular complexity index is 406. The minimum absolute atomic E-state index is 0.361. The second kappa shape index (κ2) is 5.64. The Morgan fingerprint density at radius 1 is 1.33 bits per heavy atom. The van der Waals surface area contributed by atoms with Gasteiger partial charge in [0.2, 0.25) is 0 Å². The molecule has 0 saturated heterocycles. The number of rotatable bonds is 3. The third kappa shape index (κ3) is 3.93. The number of hydrogen-bond acceptors (Lipinski definition) is 2. The van der Waals surface area contributed by atoms with Gasteiger partial charge in [-0.05, 0) is 63.4 Å². The van der Waals surface area contributed by atoms with Crippen LogP contribution in [0.1, 0.15) is 10.4 Å². The normalized spacial score (nSPS) is 9.73. The number of nitrogens with one attached hydrogen (secondary N) is 1. The monoisotopic (exact) mass is 431 g/mol. The van der Waals surface area contributed by atoms with Crippen molar-refractivity contribution in [3.05, 3.63) is 30.9 Å². The molecule has 80 valence electrons. The van der Waals surface area contributed by atoms with E-state index < -0.39 is 5.97 Å². The number of hydrogen-bond donors (Lipinski definition) is 2. The van der Waals surface area contributed by atoms with Gasteiger partial charge in [-0.25, -0.2) is 0 Å². The average molecular weight is 431 g/mol. The van der Waals surface area contributed by atoms with E-state index in [4.69, 9.17) is 5.11 Å². The van der Waals surface area contributed by atoms with Crippen LogP contribution in [-0.4, -0.2) is 23.5 Å². The van der Waals surface area contributed by atoms with Crippen LogP contribution in [-0.2, 0) is 4.79 Å². The first kappa shape index (κ1) is 12.7. The molecule has 0 aliphatic heterocycles. The standard InChI is InChI=1S/C9H7I2NO3/c10-5-1-2-7(11)6(3-5)9(15)12-4-8(13)14/h1-3H,4H2,(H,12,15)(H,13,14). The van der Waals surface area contributed by atoms with Crippen molar-refractivity contribution >= 4 is 57.1 Å². The molecule has 1 aromatic carbocycles. The van der Waals surface area contributed by atoms with Crippen molar-refractivity contribution in [3.8, 4) is 0 Å². The summed E-state index contributed by atoms with van der Waals surface area (Å²) < 4.78 is 1.74. The summed E-state index contributed by atoms with van der Waals surface area (Å²) in [5.74, 6) is -1.41. The molecule has 0 aliphatic carbocycles. The molecule has 0 heterocycles. The van der Waals surface area contributed by atoms with Gasteiger partial charge in [-0.2, -0.15) is 0 Å². The molecule has 1 rings (SSSR count). The molecule has 4 nitrogen and oxygen atoms in total. The van der Waals surface area contributed by atoms with Crippen LogP contribution < -0.4 is 5.32 Å². The van der Waals surface area contributed by atoms with Gasteiger partial charge in [0.25, 0.3) is 5.91 Å². The quantitative estimate of drug-likeness (QED) is 0.717. The zero-order valence-electron chi connectivity index (χ0n) is 7.46. The van der Waals surface area contributed by atoms with E-state index in [1.165, 1.54) is 0 Å². The highest BCUT2D eigenvalue weighted by molar-refractivity contribution is 14.1. The van der Waals surface area contributed by atoms with E-state index >= 15 is 0 Å². The molecule has 0 radical (unpaired) electrons. The second-order valence-electron chi connectivity index (χ2n) is 2.70. The van der Waals surface area contributed by atoms with E-state index in [9.17, 15) is 9.59 Å². The molecule has 0 saturated carbocycles. The van der Waals surface area contributed by atoms with Crippen LogP contribution in [0, 0.1) is 7.14 Å². The van der Waals surface area contributed by atoms with Gasteiger partial charge in [-0.15, -0.1) is 0 Å². The van der Waals surface area contributed by atoms with Crippen LogP contribution >= 0.6 is 45.2 Å². The molecular weight excluding hydrogens is 424 g/mol. The fourth-order valence-electron chi connectivity index (χ4n) is 0.923. The van der Waals surface area contributed by atoms with Gasteiger partial charge < -0.3 is 10.4 Å². The summed E-state index contributed by atoms with van der Waals surface area (Å²) in [5.41, 5.74) is 0.503. The number of carbonyl (C=O) groups is 2. The third-order valence-corrected chi connectivity index (χ3v) is 3.18. The van der Waals surface area contributed by atoms with Gasteiger partial charge in [-0.3, -0.25) is 9.59 Å². The predicted molar refractivity (Wildman–Crippen MR) is 71.8 cm³/mol. The molecule has 0 bridgehead atoms. The zero-order chi connectivity index (χ0) is 11.4. The Hall–Kier alpha value is -0.380. The highest BCUT2D eigenvalue weighted by Crippen LogP contribution is 2.15. The molecule has 0 unspecified atom stereocenters. The van der Waals surface area contributed by atoms with Crippen molar-refractivity contribution in [2.75, 3.05) is 6.54 Å². The summed E-state index contributed by atoms with van der Waals surface area (Å²) in [4.78, 5) is 21.8. The highest BCUT2D eigenvalue weighted by Gasteiger charge is 2.10. The van der Waals surface area contributed by atoms with Crippen molar-refractivity contribution in [3.63, 3.8) is 0 Å². The Morgan fingerprint density at radius 2 is 2.00 bits per heavy atom. The second-order valence-corrected chi connectivity index (χ2v) is 5.11. The summed E-state index contributed by atoms with van der Waals surface area (Å²) >= 11 is 4.14. The fourth-order valence-corrected chi connectivity index (χ4v) is 1.99. The average Bonchev–Trinajstić information content (AvgIpc) is 2.18. The predicted octanol–water partition coefficient (Wildman–Crippen LogP) is 1.71. The van der Waals surface area contributed by atoms with Gasteiger partial charge in [-0.1, -0.05) is 0 Å². The topological polar surface area (TPSA) is 66.4 Å². The van der Waals surface area contributed by atoms with Crippen LogP contribution in [0.25, 0.3) is 0 Å².